The van der Waals surface area contributed by atoms with E-state index in [1.165, 1.54) is 13.2 Å². The van der Waals surface area contributed by atoms with Gasteiger partial charge in [-0.25, -0.2) is 4.79 Å². The van der Waals surface area contributed by atoms with Gasteiger partial charge < -0.3 is 18.9 Å². The van der Waals surface area contributed by atoms with Crippen LogP contribution < -0.4 is 18.9 Å². The number of carbonyl (C=O) groups excluding carboxylic acids is 2. The fourth-order valence-electron chi connectivity index (χ4n) is 3.72. The van der Waals surface area contributed by atoms with Gasteiger partial charge in [-0.3, -0.25) is 4.79 Å². The maximum Gasteiger partial charge on any atom is 0.343 e. The highest BCUT2D eigenvalue weighted by molar-refractivity contribution is 6.12. The van der Waals surface area contributed by atoms with E-state index in [1.807, 2.05) is 37.3 Å². The Morgan fingerprint density at radius 2 is 1.82 bits per heavy atom. The van der Waals surface area contributed by atoms with Gasteiger partial charge in [0.1, 0.15) is 29.1 Å². The van der Waals surface area contributed by atoms with Gasteiger partial charge in [0.2, 0.25) is 5.78 Å². The monoisotopic (exact) mass is 440 g/mol. The third-order valence-corrected chi connectivity index (χ3v) is 5.47. The Balaban J connectivity index is 1.37. The second-order valence-electron chi connectivity index (χ2n) is 7.66. The zero-order chi connectivity index (χ0) is 22.9. The van der Waals surface area contributed by atoms with Crippen LogP contribution in [0.4, 0.5) is 0 Å². The van der Waals surface area contributed by atoms with Crippen molar-refractivity contribution in [3.63, 3.8) is 0 Å². The maximum atomic E-state index is 12.9. The molecular formula is C27H20O6. The number of benzene rings is 3. The van der Waals surface area contributed by atoms with Gasteiger partial charge in [-0.05, 0) is 61.0 Å². The van der Waals surface area contributed by atoms with E-state index >= 15 is 0 Å². The molecule has 164 valence electrons. The fourth-order valence-corrected chi connectivity index (χ4v) is 3.72. The lowest BCUT2D eigenvalue weighted by Crippen LogP contribution is -2.18. The first-order valence-corrected chi connectivity index (χ1v) is 10.4. The number of hydrogen-bond donors (Lipinski definition) is 0. The molecule has 0 N–H and O–H groups in total. The van der Waals surface area contributed by atoms with E-state index in [0.29, 0.717) is 22.6 Å². The average Bonchev–Trinajstić information content (AvgIpc) is 3.14. The Bertz CT molecular complexity index is 1330. The highest BCUT2D eigenvalue weighted by Crippen LogP contribution is 2.36. The Morgan fingerprint density at radius 3 is 2.67 bits per heavy atom. The molecule has 6 nitrogen and oxygen atoms in total. The molecule has 0 aromatic heterocycles. The molecule has 3 aromatic rings. The zero-order valence-corrected chi connectivity index (χ0v) is 18.0. The van der Waals surface area contributed by atoms with Gasteiger partial charge in [-0.1, -0.05) is 24.3 Å². The van der Waals surface area contributed by atoms with Crippen LogP contribution in [0.25, 0.3) is 6.08 Å². The SMILES string of the molecule is COc1cccc(C(=O)Oc2ccc3c(c2)OC(=CC2=Cc4ccccc4OC2C)C3=O)c1. The Morgan fingerprint density at radius 1 is 0.970 bits per heavy atom. The Kier molecular flexibility index (Phi) is 5.18. The van der Waals surface area contributed by atoms with Crippen molar-refractivity contribution in [1.29, 1.82) is 0 Å². The van der Waals surface area contributed by atoms with Crippen molar-refractivity contribution >= 4 is 17.8 Å². The van der Waals surface area contributed by atoms with Crippen LogP contribution in [0, 0.1) is 0 Å². The summed E-state index contributed by atoms with van der Waals surface area (Å²) in [6.45, 7) is 1.92. The molecular weight excluding hydrogens is 420 g/mol. The number of ether oxygens (including phenoxy) is 4. The Labute approximate surface area is 190 Å². The smallest absolute Gasteiger partial charge is 0.343 e. The van der Waals surface area contributed by atoms with Crippen LogP contribution in [0.5, 0.6) is 23.0 Å². The van der Waals surface area contributed by atoms with E-state index in [9.17, 15) is 9.59 Å². The molecule has 3 aromatic carbocycles. The summed E-state index contributed by atoms with van der Waals surface area (Å²) in [5.74, 6) is 1.40. The van der Waals surface area contributed by atoms with Crippen molar-refractivity contribution < 1.29 is 28.5 Å². The molecule has 5 rings (SSSR count). The molecule has 2 heterocycles. The molecule has 0 aliphatic carbocycles. The topological polar surface area (TPSA) is 71.1 Å². The molecule has 2 aliphatic rings. The third-order valence-electron chi connectivity index (χ3n) is 5.47. The summed E-state index contributed by atoms with van der Waals surface area (Å²) in [4.78, 5) is 25.4. The molecule has 0 spiro atoms. The van der Waals surface area contributed by atoms with Crippen LogP contribution in [0.15, 0.2) is 84.1 Å². The zero-order valence-electron chi connectivity index (χ0n) is 18.0. The molecule has 1 atom stereocenters. The molecule has 6 heteroatoms. The van der Waals surface area contributed by atoms with E-state index < -0.39 is 5.97 Å². The first-order valence-electron chi connectivity index (χ1n) is 10.4. The lowest BCUT2D eigenvalue weighted by molar-refractivity contribution is 0.0734. The van der Waals surface area contributed by atoms with Crippen molar-refractivity contribution in [3.05, 3.63) is 101 Å². The molecule has 1 unspecified atom stereocenters. The number of ketones is 1. The van der Waals surface area contributed by atoms with Crippen LogP contribution in [0.3, 0.4) is 0 Å². The van der Waals surface area contributed by atoms with Crippen LogP contribution >= 0.6 is 0 Å². The lowest BCUT2D eigenvalue weighted by atomic mass is 10.0. The number of esters is 1. The summed E-state index contributed by atoms with van der Waals surface area (Å²) < 4.78 is 22.4. The normalized spacial score (nSPS) is 17.4. The number of fused-ring (bicyclic) bond motifs is 2. The maximum absolute atomic E-state index is 12.9. The number of hydrogen-bond acceptors (Lipinski definition) is 6. The summed E-state index contributed by atoms with van der Waals surface area (Å²) in [5.41, 5.74) is 2.53. The number of para-hydroxylation sites is 1. The second kappa shape index (κ2) is 8.31. The van der Waals surface area contributed by atoms with Crippen molar-refractivity contribution in [1.82, 2.24) is 0 Å². The predicted octanol–water partition coefficient (Wildman–Crippen LogP) is 5.24. The molecule has 0 fully saturated rings. The molecule has 2 aliphatic heterocycles. The van der Waals surface area contributed by atoms with Crippen LogP contribution in [0.2, 0.25) is 0 Å². The fraction of sp³-hybridized carbons (Fsp3) is 0.111. The summed E-state index contributed by atoms with van der Waals surface area (Å²) in [5, 5.41) is 0. The van der Waals surface area contributed by atoms with Gasteiger partial charge in [0.15, 0.2) is 5.76 Å². The number of allylic oxidation sites excluding steroid dienone is 1. The Hall–Kier alpha value is -4.32. The number of Topliss-reactive ketones (excluding diaryl/α,β-unsaturated/α-hetero) is 1. The minimum atomic E-state index is -0.536. The quantitative estimate of drug-likeness (QED) is 0.314. The molecule has 0 radical (unpaired) electrons. The van der Waals surface area contributed by atoms with Crippen molar-refractivity contribution in [2.45, 2.75) is 13.0 Å². The molecule has 0 saturated heterocycles. The number of methoxy groups -OCH3 is 1. The third kappa shape index (κ3) is 3.99. The van der Waals surface area contributed by atoms with Crippen molar-refractivity contribution in [2.75, 3.05) is 7.11 Å². The molecule has 0 bridgehead atoms. The van der Waals surface area contributed by atoms with Crippen LogP contribution in [-0.4, -0.2) is 25.0 Å². The lowest BCUT2D eigenvalue weighted by Gasteiger charge is -2.22. The molecule has 0 amide bonds. The standard InChI is InChI=1S/C27H20O6/c1-16-19(12-17-6-3-4-9-23(17)31-16)14-25-26(28)22-11-10-21(15-24(22)33-25)32-27(29)18-7-5-8-20(13-18)30-2/h3-16H,1-2H3. The van der Waals surface area contributed by atoms with E-state index in [4.69, 9.17) is 18.9 Å². The van der Waals surface area contributed by atoms with Crippen LogP contribution in [0.1, 0.15) is 33.2 Å². The number of carbonyl (C=O) groups is 2. The van der Waals surface area contributed by atoms with Gasteiger partial charge >= 0.3 is 5.97 Å². The van der Waals surface area contributed by atoms with Gasteiger partial charge in [0.05, 0.1) is 18.2 Å². The summed E-state index contributed by atoms with van der Waals surface area (Å²) in [7, 11) is 1.53. The largest absolute Gasteiger partial charge is 0.497 e. The van der Waals surface area contributed by atoms with Crippen LogP contribution in [-0.2, 0) is 0 Å². The summed E-state index contributed by atoms with van der Waals surface area (Å²) >= 11 is 0. The van der Waals surface area contributed by atoms with Gasteiger partial charge in [0.25, 0.3) is 0 Å². The highest BCUT2D eigenvalue weighted by Gasteiger charge is 2.29. The average molecular weight is 440 g/mol. The second-order valence-corrected chi connectivity index (χ2v) is 7.66. The summed E-state index contributed by atoms with van der Waals surface area (Å²) in [6.07, 6.45) is 3.45. The van der Waals surface area contributed by atoms with E-state index in [2.05, 4.69) is 0 Å². The van der Waals surface area contributed by atoms with Gasteiger partial charge in [-0.2, -0.15) is 0 Å². The van der Waals surface area contributed by atoms with Gasteiger partial charge in [-0.15, -0.1) is 0 Å². The first-order chi connectivity index (χ1) is 16.0. The predicted molar refractivity (Wildman–Crippen MR) is 122 cm³/mol. The highest BCUT2D eigenvalue weighted by atomic mass is 16.5. The minimum absolute atomic E-state index is 0.197. The number of rotatable bonds is 4. The molecule has 0 saturated carbocycles. The van der Waals surface area contributed by atoms with Crippen molar-refractivity contribution in [3.8, 4) is 23.0 Å². The molecule has 33 heavy (non-hydrogen) atoms. The van der Waals surface area contributed by atoms with Gasteiger partial charge in [0, 0.05) is 11.6 Å². The minimum Gasteiger partial charge on any atom is -0.497 e. The van der Waals surface area contributed by atoms with E-state index in [1.54, 1.807) is 42.5 Å². The van der Waals surface area contributed by atoms with Crippen molar-refractivity contribution in [2.24, 2.45) is 0 Å². The first kappa shape index (κ1) is 20.6. The van der Waals surface area contributed by atoms with E-state index in [0.717, 1.165) is 16.9 Å². The summed E-state index contributed by atoms with van der Waals surface area (Å²) in [6, 6.07) is 19.1. The van der Waals surface area contributed by atoms with E-state index in [-0.39, 0.29) is 23.4 Å².